The quantitative estimate of drug-likeness (QED) is 0.191. The van der Waals surface area contributed by atoms with Gasteiger partial charge in [-0.15, -0.1) is 5.26 Å². The number of ether oxygens (including phenoxy) is 1. The summed E-state index contributed by atoms with van der Waals surface area (Å²) in [7, 11) is -4.09. The molecular weight excluding hydrogens is 852 g/mol. The number of nitriles is 1. The molecule has 16 nitrogen and oxygen atoms in total. The van der Waals surface area contributed by atoms with E-state index in [-0.39, 0.29) is 10.7 Å². The van der Waals surface area contributed by atoms with E-state index in [0.717, 1.165) is 123 Å². The number of amides is 3. The number of primary sulfonamides is 1. The van der Waals surface area contributed by atoms with Crippen LogP contribution in [0.25, 0.3) is 0 Å². The first-order chi connectivity index (χ1) is 29.2. The van der Waals surface area contributed by atoms with Crippen molar-refractivity contribution in [2.24, 2.45) is 19.2 Å². The molecule has 0 bridgehead atoms. The minimum absolute atomic E-state index is 0.101. The van der Waals surface area contributed by atoms with Crippen LogP contribution in [0, 0.1) is 11.5 Å². The van der Waals surface area contributed by atoms with Crippen molar-refractivity contribution in [2.75, 3.05) is 12.4 Å². The number of nitrogens with zero attached hydrogens (tertiary/aromatic N) is 6. The third-order valence-corrected chi connectivity index (χ3v) is 13.5. The van der Waals surface area contributed by atoms with Crippen molar-refractivity contribution in [1.29, 1.82) is 5.26 Å². The van der Waals surface area contributed by atoms with Crippen LogP contribution >= 0.6 is 0 Å². The number of fused-ring (bicyclic) bond motifs is 4. The summed E-state index contributed by atoms with van der Waals surface area (Å²) >= 11 is 0. The van der Waals surface area contributed by atoms with Crippen molar-refractivity contribution in [3.63, 3.8) is 0 Å². The fourth-order valence-electron chi connectivity index (χ4n) is 8.61. The zero-order chi connectivity index (χ0) is 45.1. The van der Waals surface area contributed by atoms with Gasteiger partial charge < -0.3 is 15.0 Å². The number of urea groups is 1. The van der Waals surface area contributed by atoms with Gasteiger partial charge in [0.1, 0.15) is 5.75 Å². The number of carbonyl (C=O) groups excluding carboxylic acids is 2. The zero-order valence-electron chi connectivity index (χ0n) is 35.0. The highest BCUT2D eigenvalue weighted by Crippen LogP contribution is 2.41. The SMILES string of the molecule is CCCc1cc(S(=O)(=O)NC(=O)Nc2c3c(cc4c2CCC4)CCC3)nn1C.CN(Cc1cc(S(N)(=O)=O)nn1C)C(=O)C(F)(F)F.N#COc1c2c(cc3c1CCC3)CCC2. The number of alkyl halides is 3. The second kappa shape index (κ2) is 18.5. The molecule has 0 spiro atoms. The van der Waals surface area contributed by atoms with Gasteiger partial charge in [0, 0.05) is 44.7 Å². The van der Waals surface area contributed by atoms with Gasteiger partial charge in [-0.2, -0.15) is 31.8 Å². The van der Waals surface area contributed by atoms with Crippen molar-refractivity contribution < 1.29 is 44.3 Å². The second-order valence-corrected chi connectivity index (χ2v) is 19.0. The van der Waals surface area contributed by atoms with Gasteiger partial charge in [-0.05, 0) is 128 Å². The van der Waals surface area contributed by atoms with Crippen molar-refractivity contribution in [3.05, 3.63) is 80.2 Å². The number of hydrogen-bond donors (Lipinski definition) is 3. The number of sulfonamides is 2. The van der Waals surface area contributed by atoms with Gasteiger partial charge in [-0.3, -0.25) is 14.2 Å². The summed E-state index contributed by atoms with van der Waals surface area (Å²) in [5.74, 6) is -1.13. The molecule has 8 rings (SSSR count). The van der Waals surface area contributed by atoms with Gasteiger partial charge in [0.2, 0.25) is 0 Å². The summed E-state index contributed by atoms with van der Waals surface area (Å²) in [6.07, 6.45) is 11.4. The number of rotatable bonds is 9. The molecule has 0 unspecified atom stereocenters. The van der Waals surface area contributed by atoms with Crippen molar-refractivity contribution in [1.82, 2.24) is 29.2 Å². The van der Waals surface area contributed by atoms with Crippen LogP contribution < -0.4 is 19.9 Å². The molecule has 21 heteroatoms. The smallest absolute Gasteiger partial charge is 0.387 e. The summed E-state index contributed by atoms with van der Waals surface area (Å²) in [5, 5.41) is 23.4. The number of benzene rings is 2. The van der Waals surface area contributed by atoms with Crippen LogP contribution in [-0.4, -0.2) is 66.5 Å². The maximum atomic E-state index is 12.6. The first-order valence-corrected chi connectivity index (χ1v) is 23.4. The van der Waals surface area contributed by atoms with Gasteiger partial charge in [0.15, 0.2) is 10.1 Å². The maximum absolute atomic E-state index is 12.6. The van der Waals surface area contributed by atoms with E-state index < -0.39 is 49.7 Å². The van der Waals surface area contributed by atoms with Gasteiger partial charge in [0.05, 0.1) is 12.2 Å². The molecule has 0 saturated heterocycles. The van der Waals surface area contributed by atoms with Crippen LogP contribution in [-0.2, 0) is 103 Å². The molecule has 4 aliphatic carbocycles. The Morgan fingerprint density at radius 3 is 1.74 bits per heavy atom. The van der Waals surface area contributed by atoms with Crippen LogP contribution in [0.5, 0.6) is 5.75 Å². The van der Waals surface area contributed by atoms with Crippen molar-refractivity contribution in [3.8, 4) is 12.0 Å². The lowest BCUT2D eigenvalue weighted by molar-refractivity contribution is -0.184. The second-order valence-electron chi connectivity index (χ2n) is 15.8. The van der Waals surface area contributed by atoms with Crippen LogP contribution in [0.15, 0.2) is 34.3 Å². The summed E-state index contributed by atoms with van der Waals surface area (Å²) in [6, 6.07) is 6.42. The highest BCUT2D eigenvalue weighted by molar-refractivity contribution is 7.90. The lowest BCUT2D eigenvalue weighted by Crippen LogP contribution is -2.38. The molecule has 2 heterocycles. The number of halogens is 3. The minimum atomic E-state index is -4.99. The Hall–Kier alpha value is -5.46. The van der Waals surface area contributed by atoms with E-state index in [1.54, 1.807) is 11.7 Å². The minimum Gasteiger partial charge on any atom is -0.387 e. The number of carbonyl (C=O) groups is 2. The molecule has 0 radical (unpaired) electrons. The van der Waals surface area contributed by atoms with E-state index in [1.807, 2.05) is 13.2 Å². The van der Waals surface area contributed by atoms with Crippen LogP contribution in [0.2, 0.25) is 0 Å². The molecule has 0 aliphatic heterocycles. The average Bonchev–Trinajstić information content (AvgIpc) is 4.05. The van der Waals surface area contributed by atoms with Gasteiger partial charge in [-0.1, -0.05) is 25.5 Å². The standard InChI is InChI=1S/C20H26N4O3S.C13H13NO.C8H11F3N4O3S/c1-3-6-15-12-18(22-24(15)2)28(26,27)23-20(25)21-19-16-9-4-7-13(16)11-14-8-5-10-17(14)19;14-8-15-13-11-5-1-3-9(11)7-10-4-2-6-12(10)13;1-14(7(16)8(9,10)11)4-5-3-6(13-15(5)2)19(12,17)18/h11-12H,3-10H2,1-2H3,(H2,21,23,25);7H,1-6H2;3H,4H2,1-2H3,(H2,12,17,18). The monoisotopic (exact) mass is 901 g/mol. The van der Waals surface area contributed by atoms with Crippen LogP contribution in [0.1, 0.15) is 94.9 Å². The average molecular weight is 902 g/mol. The topological polar surface area (TPSA) is 224 Å². The predicted molar refractivity (Wildman–Crippen MR) is 221 cm³/mol. The Bertz CT molecular complexity index is 2590. The number of aromatic nitrogens is 4. The first-order valence-electron chi connectivity index (χ1n) is 20.3. The molecule has 62 heavy (non-hydrogen) atoms. The van der Waals surface area contributed by atoms with Gasteiger partial charge >= 0.3 is 18.1 Å². The van der Waals surface area contributed by atoms with Crippen molar-refractivity contribution >= 4 is 37.7 Å². The van der Waals surface area contributed by atoms with Crippen LogP contribution in [0.3, 0.4) is 0 Å². The molecule has 0 saturated carbocycles. The molecule has 0 atom stereocenters. The number of anilines is 1. The summed E-state index contributed by atoms with van der Waals surface area (Å²) in [6.45, 7) is 1.57. The molecule has 3 amide bonds. The lowest BCUT2D eigenvalue weighted by atomic mass is 9.99. The first kappa shape index (κ1) is 46.1. The molecule has 4 N–H and O–H groups in total. The molecule has 2 aromatic carbocycles. The third-order valence-electron chi connectivity index (χ3n) is 11.5. The lowest BCUT2D eigenvalue weighted by Gasteiger charge is -2.18. The number of aryl methyl sites for hydroxylation is 7. The van der Waals surface area contributed by atoms with E-state index in [2.05, 4.69) is 32.4 Å². The van der Waals surface area contributed by atoms with E-state index >= 15 is 0 Å². The zero-order valence-corrected chi connectivity index (χ0v) is 36.6. The van der Waals surface area contributed by atoms with E-state index in [1.165, 1.54) is 59.3 Å². The molecule has 4 aliphatic rings. The maximum Gasteiger partial charge on any atom is 0.471 e. The Balaban J connectivity index is 0.000000164. The Labute approximate surface area is 358 Å². The Morgan fingerprint density at radius 2 is 1.27 bits per heavy atom. The fraction of sp³-hybridized carbons (Fsp3) is 0.488. The van der Waals surface area contributed by atoms with E-state index in [9.17, 15) is 39.6 Å². The summed E-state index contributed by atoms with van der Waals surface area (Å²) < 4.78 is 93.7. The fourth-order valence-corrected chi connectivity index (χ4v) is 10.1. The van der Waals surface area contributed by atoms with Gasteiger partial charge in [-0.25, -0.2) is 23.1 Å². The third kappa shape index (κ3) is 10.2. The molecule has 2 aromatic heterocycles. The number of nitrogens with two attached hydrogens (primary N) is 1. The summed E-state index contributed by atoms with van der Waals surface area (Å²) in [5.41, 5.74) is 12.1. The molecule has 0 fully saturated rings. The normalized spacial score (nSPS) is 14.9. The molecule has 4 aromatic rings. The highest BCUT2D eigenvalue weighted by Gasteiger charge is 2.41. The highest BCUT2D eigenvalue weighted by atomic mass is 32.2. The molecular formula is C41H50F3N9O7S2. The van der Waals surface area contributed by atoms with Crippen LogP contribution in [0.4, 0.5) is 23.7 Å². The van der Waals surface area contributed by atoms with E-state index in [0.29, 0.717) is 4.90 Å². The molecule has 334 valence electrons. The van der Waals surface area contributed by atoms with Gasteiger partial charge in [0.25, 0.3) is 26.3 Å². The van der Waals surface area contributed by atoms with E-state index in [4.69, 9.17) is 15.1 Å². The Kier molecular flexibility index (Phi) is 13.7. The van der Waals surface area contributed by atoms with Crippen molar-refractivity contribution in [2.45, 2.75) is 120 Å². The Morgan fingerprint density at radius 1 is 0.806 bits per heavy atom. The largest absolute Gasteiger partial charge is 0.471 e. The predicted octanol–water partition coefficient (Wildman–Crippen LogP) is 4.97. The number of nitrogens with one attached hydrogen (secondary N) is 2. The summed E-state index contributed by atoms with van der Waals surface area (Å²) in [4.78, 5) is 23.9. The number of hydrogen-bond acceptors (Lipinski definition) is 10.